The highest BCUT2D eigenvalue weighted by molar-refractivity contribution is 6.40. The van der Waals surface area contributed by atoms with Crippen LogP contribution in [-0.2, 0) is 0 Å². The molecule has 0 atom stereocenters. The van der Waals surface area contributed by atoms with E-state index in [4.69, 9.17) is 27.9 Å². The summed E-state index contributed by atoms with van der Waals surface area (Å²) < 4.78 is 6.88. The molecule has 0 saturated heterocycles. The minimum atomic E-state index is 0.280. The molecule has 0 fully saturated rings. The molecular formula is C10H8Cl2N2O. The molecule has 3 nitrogen and oxygen atoms in total. The molecule has 1 aromatic heterocycles. The van der Waals surface area contributed by atoms with Gasteiger partial charge in [0.2, 0.25) is 0 Å². The lowest BCUT2D eigenvalue weighted by atomic mass is 10.3. The molecule has 2 rings (SSSR count). The van der Waals surface area contributed by atoms with E-state index in [-0.39, 0.29) is 5.15 Å². The molecule has 0 unspecified atom stereocenters. The van der Waals surface area contributed by atoms with Crippen LogP contribution in [0.1, 0.15) is 0 Å². The van der Waals surface area contributed by atoms with Crippen molar-refractivity contribution < 1.29 is 4.74 Å². The van der Waals surface area contributed by atoms with Crippen LogP contribution in [-0.4, -0.2) is 16.7 Å². The van der Waals surface area contributed by atoms with Crippen LogP contribution < -0.4 is 4.74 Å². The van der Waals surface area contributed by atoms with Crippen molar-refractivity contribution in [2.45, 2.75) is 0 Å². The second-order valence-corrected chi connectivity index (χ2v) is 3.58. The third-order valence-corrected chi connectivity index (χ3v) is 2.75. The molecule has 5 heteroatoms. The van der Waals surface area contributed by atoms with Crippen LogP contribution in [0, 0.1) is 0 Å². The lowest BCUT2D eigenvalue weighted by Crippen LogP contribution is -1.96. The first-order valence-corrected chi connectivity index (χ1v) is 5.01. The maximum atomic E-state index is 5.99. The van der Waals surface area contributed by atoms with Crippen molar-refractivity contribution in [2.24, 2.45) is 0 Å². The van der Waals surface area contributed by atoms with Crippen LogP contribution >= 0.6 is 23.2 Å². The van der Waals surface area contributed by atoms with Gasteiger partial charge in [-0.1, -0.05) is 35.3 Å². The minimum Gasteiger partial charge on any atom is -0.495 e. The number of halogens is 2. The normalized spacial score (nSPS) is 10.3. The number of ether oxygens (including phenoxy) is 1. The van der Waals surface area contributed by atoms with E-state index < -0.39 is 0 Å². The van der Waals surface area contributed by atoms with E-state index in [1.165, 1.54) is 0 Å². The second kappa shape index (κ2) is 4.13. The first-order chi connectivity index (χ1) is 7.24. The number of hydrogen-bond donors (Lipinski definition) is 0. The summed E-state index contributed by atoms with van der Waals surface area (Å²) in [4.78, 5) is 3.91. The van der Waals surface area contributed by atoms with Crippen molar-refractivity contribution in [3.63, 3.8) is 0 Å². The first kappa shape index (κ1) is 10.3. The molecule has 0 spiro atoms. The molecule has 15 heavy (non-hydrogen) atoms. The third-order valence-electron chi connectivity index (χ3n) is 2.01. The second-order valence-electron chi connectivity index (χ2n) is 2.87. The van der Waals surface area contributed by atoms with Crippen LogP contribution in [0.15, 0.2) is 30.6 Å². The van der Waals surface area contributed by atoms with Crippen molar-refractivity contribution in [1.29, 1.82) is 0 Å². The highest BCUT2D eigenvalue weighted by Crippen LogP contribution is 2.28. The van der Waals surface area contributed by atoms with Gasteiger partial charge < -0.3 is 4.74 Å². The number of imidazole rings is 1. The summed E-state index contributed by atoms with van der Waals surface area (Å²) in [5.41, 5.74) is 0.810. The molecular weight excluding hydrogens is 235 g/mol. The van der Waals surface area contributed by atoms with Crippen molar-refractivity contribution in [3.8, 4) is 11.4 Å². The zero-order valence-corrected chi connectivity index (χ0v) is 9.46. The first-order valence-electron chi connectivity index (χ1n) is 4.25. The van der Waals surface area contributed by atoms with E-state index in [0.29, 0.717) is 10.9 Å². The summed E-state index contributed by atoms with van der Waals surface area (Å²) in [7, 11) is 1.60. The van der Waals surface area contributed by atoms with Crippen molar-refractivity contribution >= 4 is 23.2 Å². The Morgan fingerprint density at radius 1 is 1.27 bits per heavy atom. The van der Waals surface area contributed by atoms with E-state index in [2.05, 4.69) is 4.98 Å². The Kier molecular flexibility index (Phi) is 2.84. The Balaban J connectivity index is 2.58. The van der Waals surface area contributed by atoms with Gasteiger partial charge in [-0.25, -0.2) is 4.98 Å². The van der Waals surface area contributed by atoms with Gasteiger partial charge in [0.1, 0.15) is 12.1 Å². The molecule has 1 heterocycles. The van der Waals surface area contributed by atoms with Crippen LogP contribution in [0.3, 0.4) is 0 Å². The Morgan fingerprint density at radius 2 is 2.00 bits per heavy atom. The molecule has 2 aromatic rings. The summed E-state index contributed by atoms with van der Waals surface area (Å²) in [6.07, 6.45) is 1.56. The minimum absolute atomic E-state index is 0.280. The number of methoxy groups -OCH3 is 1. The summed E-state index contributed by atoms with van der Waals surface area (Å²) in [5.74, 6) is 0.716. The van der Waals surface area contributed by atoms with E-state index in [1.807, 2.05) is 24.3 Å². The van der Waals surface area contributed by atoms with Gasteiger partial charge in [0.25, 0.3) is 0 Å². The van der Waals surface area contributed by atoms with E-state index in [0.717, 1.165) is 5.69 Å². The van der Waals surface area contributed by atoms with Gasteiger partial charge in [-0.05, 0) is 12.1 Å². The number of rotatable bonds is 2. The van der Waals surface area contributed by atoms with Crippen LogP contribution in [0.5, 0.6) is 5.75 Å². The lowest BCUT2D eigenvalue weighted by Gasteiger charge is -2.09. The predicted molar refractivity (Wildman–Crippen MR) is 60.1 cm³/mol. The van der Waals surface area contributed by atoms with Gasteiger partial charge in [-0.2, -0.15) is 0 Å². The largest absolute Gasteiger partial charge is 0.495 e. The van der Waals surface area contributed by atoms with Gasteiger partial charge in [-0.3, -0.25) is 4.57 Å². The molecule has 1 aromatic carbocycles. The summed E-state index contributed by atoms with van der Waals surface area (Å²) >= 11 is 11.8. The summed E-state index contributed by atoms with van der Waals surface area (Å²) in [6, 6.07) is 7.50. The van der Waals surface area contributed by atoms with Gasteiger partial charge in [0.15, 0.2) is 10.3 Å². The van der Waals surface area contributed by atoms with Crippen molar-refractivity contribution in [2.75, 3.05) is 7.11 Å². The quantitative estimate of drug-likeness (QED) is 0.809. The predicted octanol–water partition coefficient (Wildman–Crippen LogP) is 3.19. The average Bonchev–Trinajstić information content (AvgIpc) is 2.60. The van der Waals surface area contributed by atoms with Gasteiger partial charge in [-0.15, -0.1) is 0 Å². The molecule has 78 valence electrons. The number of nitrogens with zero attached hydrogens (tertiary/aromatic N) is 2. The zero-order chi connectivity index (χ0) is 10.8. The number of benzene rings is 1. The van der Waals surface area contributed by atoms with Gasteiger partial charge >= 0.3 is 0 Å². The molecule has 0 aliphatic rings. The topological polar surface area (TPSA) is 27.1 Å². The number of hydrogen-bond acceptors (Lipinski definition) is 2. The SMILES string of the molecule is COc1ccccc1-n1cnc(Cl)c1Cl. The van der Waals surface area contributed by atoms with Gasteiger partial charge in [0.05, 0.1) is 12.8 Å². The molecule has 0 saturated carbocycles. The average molecular weight is 243 g/mol. The molecule has 0 amide bonds. The standard InChI is InChI=1S/C10H8Cl2N2O/c1-15-8-5-3-2-4-7(8)14-6-13-9(11)10(14)12/h2-6H,1H3. The lowest BCUT2D eigenvalue weighted by molar-refractivity contribution is 0.413. The Hall–Kier alpha value is -1.19. The molecule has 0 bridgehead atoms. The molecule has 0 aliphatic heterocycles. The summed E-state index contributed by atoms with van der Waals surface area (Å²) in [5, 5.41) is 0.656. The van der Waals surface area contributed by atoms with Crippen LogP contribution in [0.2, 0.25) is 10.3 Å². The smallest absolute Gasteiger partial charge is 0.166 e. The van der Waals surface area contributed by atoms with Crippen LogP contribution in [0.25, 0.3) is 5.69 Å². The highest BCUT2D eigenvalue weighted by Gasteiger charge is 2.10. The Labute approximate surface area is 97.2 Å². The van der Waals surface area contributed by atoms with Gasteiger partial charge in [0, 0.05) is 0 Å². The molecule has 0 radical (unpaired) electrons. The van der Waals surface area contributed by atoms with Crippen molar-refractivity contribution in [1.82, 2.24) is 9.55 Å². The fourth-order valence-electron chi connectivity index (χ4n) is 1.31. The monoisotopic (exact) mass is 242 g/mol. The zero-order valence-electron chi connectivity index (χ0n) is 7.95. The van der Waals surface area contributed by atoms with E-state index in [1.54, 1.807) is 18.0 Å². The summed E-state index contributed by atoms with van der Waals surface area (Å²) in [6.45, 7) is 0. The highest BCUT2D eigenvalue weighted by atomic mass is 35.5. The van der Waals surface area contributed by atoms with E-state index in [9.17, 15) is 0 Å². The Morgan fingerprint density at radius 3 is 2.60 bits per heavy atom. The fraction of sp³-hybridized carbons (Fsp3) is 0.100. The maximum Gasteiger partial charge on any atom is 0.166 e. The molecule has 0 N–H and O–H groups in total. The third kappa shape index (κ3) is 1.80. The van der Waals surface area contributed by atoms with Crippen molar-refractivity contribution in [3.05, 3.63) is 40.9 Å². The van der Waals surface area contributed by atoms with Crippen LogP contribution in [0.4, 0.5) is 0 Å². The van der Waals surface area contributed by atoms with E-state index >= 15 is 0 Å². The maximum absolute atomic E-state index is 5.99. The number of aromatic nitrogens is 2. The Bertz CT molecular complexity index is 482. The molecule has 0 aliphatic carbocycles. The number of para-hydroxylation sites is 2. The fourth-order valence-corrected chi connectivity index (χ4v) is 1.63.